The van der Waals surface area contributed by atoms with E-state index in [2.05, 4.69) is 34.6 Å². The molecule has 1 aromatic rings. The lowest BCUT2D eigenvalue weighted by atomic mass is 9.91. The Morgan fingerprint density at radius 2 is 1.32 bits per heavy atom. The van der Waals surface area contributed by atoms with Gasteiger partial charge in [0, 0.05) is 6.07 Å². The molecule has 1 heterocycles. The molecule has 0 aliphatic rings. The van der Waals surface area contributed by atoms with Crippen molar-refractivity contribution in [3.05, 3.63) is 24.5 Å². The van der Waals surface area contributed by atoms with E-state index in [1.165, 1.54) is 68.3 Å². The third-order valence-electron chi connectivity index (χ3n) is 7.12. The van der Waals surface area contributed by atoms with Crippen LogP contribution in [0.1, 0.15) is 98.8 Å². The summed E-state index contributed by atoms with van der Waals surface area (Å²) in [4.78, 5) is 39.2. The molecule has 0 amide bonds. The molecule has 0 spiro atoms. The summed E-state index contributed by atoms with van der Waals surface area (Å²) < 4.78 is 30.0. The summed E-state index contributed by atoms with van der Waals surface area (Å²) >= 11 is 0. The summed E-state index contributed by atoms with van der Waals surface area (Å²) in [6.07, 6.45) is 15.5. The quantitative estimate of drug-likeness (QED) is 0.134. The summed E-state index contributed by atoms with van der Waals surface area (Å²) in [5, 5.41) is -2.19. The summed E-state index contributed by atoms with van der Waals surface area (Å²) in [6.45, 7) is 11.5. The van der Waals surface area contributed by atoms with Crippen LogP contribution in [0.15, 0.2) is 24.5 Å². The molecular weight excluding hydrogens is 512 g/mol. The highest BCUT2D eigenvalue weighted by molar-refractivity contribution is 7.70. The molecule has 0 aliphatic carbocycles. The van der Waals surface area contributed by atoms with Crippen LogP contribution >= 0.6 is 15.2 Å². The summed E-state index contributed by atoms with van der Waals surface area (Å²) in [6, 6.07) is 3.31. The Balaban J connectivity index is 2.29. The van der Waals surface area contributed by atoms with Gasteiger partial charge < -0.3 is 28.9 Å². The highest BCUT2D eigenvalue weighted by Crippen LogP contribution is 2.57. The Hall–Kier alpha value is -0.750. The summed E-state index contributed by atoms with van der Waals surface area (Å²) in [7, 11) is -10.3. The van der Waals surface area contributed by atoms with Gasteiger partial charge in [0.1, 0.15) is 0 Å². The van der Waals surface area contributed by atoms with Crippen molar-refractivity contribution < 1.29 is 38.0 Å². The molecule has 1 rings (SSSR count). The van der Waals surface area contributed by atoms with Crippen LogP contribution in [-0.2, 0) is 15.7 Å². The maximum atomic E-state index is 11.5. The minimum absolute atomic E-state index is 0.477. The topological polar surface area (TPSA) is 131 Å². The number of aromatic nitrogens is 1. The monoisotopic (exact) mass is 563 g/mol. The van der Waals surface area contributed by atoms with E-state index in [1.54, 1.807) is 12.1 Å². The molecule has 1 aromatic heterocycles. The molecule has 0 aromatic carbocycles. The van der Waals surface area contributed by atoms with Crippen LogP contribution in [0.2, 0.25) is 0 Å². The second-order valence-corrected chi connectivity index (χ2v) is 15.5. The molecule has 0 bridgehead atoms. The van der Waals surface area contributed by atoms with Crippen LogP contribution in [0.5, 0.6) is 5.75 Å². The van der Waals surface area contributed by atoms with Gasteiger partial charge in [-0.1, -0.05) is 92.4 Å². The minimum Gasteiger partial charge on any atom is -0.778 e. The second-order valence-electron chi connectivity index (χ2n) is 11.5. The molecular formula is C27H51NO7P2. The first-order chi connectivity index (χ1) is 17.2. The van der Waals surface area contributed by atoms with Crippen LogP contribution in [0.3, 0.4) is 0 Å². The predicted octanol–water partition coefficient (Wildman–Crippen LogP) is 5.87. The van der Waals surface area contributed by atoms with E-state index >= 15 is 0 Å². The number of pyridine rings is 1. The minimum atomic E-state index is -5.22. The van der Waals surface area contributed by atoms with E-state index in [0.29, 0.717) is 18.3 Å². The Kier molecular flexibility index (Phi) is 15.8. The van der Waals surface area contributed by atoms with Crippen molar-refractivity contribution >= 4 is 15.2 Å². The zero-order valence-corrected chi connectivity index (χ0v) is 25.3. The van der Waals surface area contributed by atoms with E-state index in [1.807, 2.05) is 0 Å². The fourth-order valence-corrected chi connectivity index (χ4v) is 6.92. The SMILES string of the molecule is CC(C)CCCC(C)CCCC(C)CCCC(C)CCOc1ccc[n+](CC(P(=O)([O-])O)P(=O)(O)O)c1. The van der Waals surface area contributed by atoms with Gasteiger partial charge in [0.2, 0.25) is 6.20 Å². The van der Waals surface area contributed by atoms with Gasteiger partial charge in [-0.05, 0) is 36.2 Å². The molecule has 216 valence electrons. The van der Waals surface area contributed by atoms with Gasteiger partial charge in [-0.15, -0.1) is 0 Å². The van der Waals surface area contributed by atoms with Crippen molar-refractivity contribution in [2.75, 3.05) is 6.61 Å². The van der Waals surface area contributed by atoms with E-state index in [0.717, 1.165) is 30.6 Å². The van der Waals surface area contributed by atoms with Gasteiger partial charge in [0.15, 0.2) is 31.5 Å². The first-order valence-corrected chi connectivity index (χ1v) is 17.2. The fraction of sp³-hybridized carbons (Fsp3) is 0.815. The van der Waals surface area contributed by atoms with E-state index in [4.69, 9.17) is 4.74 Å². The van der Waals surface area contributed by atoms with Crippen molar-refractivity contribution in [1.29, 1.82) is 0 Å². The third-order valence-corrected chi connectivity index (χ3v) is 10.8. The van der Waals surface area contributed by atoms with Crippen LogP contribution in [0.4, 0.5) is 0 Å². The maximum Gasteiger partial charge on any atom is 0.343 e. The van der Waals surface area contributed by atoms with Crippen LogP contribution in [-0.4, -0.2) is 26.7 Å². The van der Waals surface area contributed by atoms with Crippen LogP contribution < -0.4 is 14.2 Å². The Morgan fingerprint density at radius 3 is 1.78 bits per heavy atom. The molecule has 0 saturated heterocycles. The number of hydrogen-bond acceptors (Lipinski definition) is 4. The summed E-state index contributed by atoms with van der Waals surface area (Å²) in [5.74, 6) is 3.39. The Labute approximate surface area is 224 Å². The molecule has 5 atom stereocenters. The Bertz CT molecular complexity index is 833. The smallest absolute Gasteiger partial charge is 0.343 e. The summed E-state index contributed by atoms with van der Waals surface area (Å²) in [5.41, 5.74) is 0. The van der Waals surface area contributed by atoms with Crippen molar-refractivity contribution in [3.8, 4) is 5.75 Å². The number of rotatable bonds is 20. The molecule has 3 N–H and O–H groups in total. The third kappa shape index (κ3) is 16.1. The molecule has 5 unspecified atom stereocenters. The first kappa shape index (κ1) is 34.3. The van der Waals surface area contributed by atoms with E-state index in [-0.39, 0.29) is 0 Å². The number of ether oxygens (including phenoxy) is 1. The molecule has 0 saturated carbocycles. The van der Waals surface area contributed by atoms with Crippen LogP contribution in [0, 0.1) is 23.7 Å². The normalized spacial score (nSPS) is 17.2. The standard InChI is InChI=1S/C27H51NO7P2/c1-22(2)10-6-11-23(3)12-7-13-24(4)14-8-15-25(5)17-19-35-26-16-9-18-28(20-26)21-27(36(29,30)31)37(32,33)34/h9,16,18,20,22-25,27H,6-8,10-15,17,19,21H2,1-5H3,(H3-,29,30,31,32,33,34). The molecule has 0 fully saturated rings. The van der Waals surface area contributed by atoms with E-state index in [9.17, 15) is 28.7 Å². The van der Waals surface area contributed by atoms with E-state index < -0.39 is 27.1 Å². The lowest BCUT2D eigenvalue weighted by Crippen LogP contribution is -2.40. The predicted molar refractivity (Wildman–Crippen MR) is 146 cm³/mol. The number of hydrogen-bond donors (Lipinski definition) is 3. The van der Waals surface area contributed by atoms with Gasteiger partial charge in [-0.2, -0.15) is 0 Å². The molecule has 10 heteroatoms. The van der Waals surface area contributed by atoms with Crippen molar-refractivity contribution in [3.63, 3.8) is 0 Å². The van der Waals surface area contributed by atoms with Gasteiger partial charge in [0.05, 0.1) is 6.61 Å². The first-order valence-electron chi connectivity index (χ1n) is 13.9. The Morgan fingerprint density at radius 1 is 0.838 bits per heavy atom. The second kappa shape index (κ2) is 17.0. The molecule has 8 nitrogen and oxygen atoms in total. The molecule has 37 heavy (non-hydrogen) atoms. The molecule has 0 radical (unpaired) electrons. The average molecular weight is 564 g/mol. The zero-order chi connectivity index (χ0) is 28.1. The van der Waals surface area contributed by atoms with Crippen molar-refractivity contribution in [2.24, 2.45) is 23.7 Å². The lowest BCUT2D eigenvalue weighted by molar-refractivity contribution is -0.695. The van der Waals surface area contributed by atoms with Gasteiger partial charge >= 0.3 is 7.60 Å². The lowest BCUT2D eigenvalue weighted by Gasteiger charge is -2.25. The maximum absolute atomic E-state index is 11.5. The number of nitrogens with zero attached hydrogens (tertiary/aromatic N) is 1. The highest BCUT2D eigenvalue weighted by Gasteiger charge is 2.40. The molecule has 0 aliphatic heterocycles. The average Bonchev–Trinajstić information content (AvgIpc) is 2.76. The largest absolute Gasteiger partial charge is 0.778 e. The van der Waals surface area contributed by atoms with Crippen molar-refractivity contribution in [2.45, 2.75) is 111 Å². The van der Waals surface area contributed by atoms with Gasteiger partial charge in [0.25, 0.3) is 0 Å². The van der Waals surface area contributed by atoms with Crippen LogP contribution in [0.25, 0.3) is 0 Å². The zero-order valence-electron chi connectivity index (χ0n) is 23.5. The van der Waals surface area contributed by atoms with Gasteiger partial charge in [-0.25, -0.2) is 4.57 Å². The van der Waals surface area contributed by atoms with Gasteiger partial charge in [-0.3, -0.25) is 4.57 Å². The highest BCUT2D eigenvalue weighted by atomic mass is 31.2. The van der Waals surface area contributed by atoms with Crippen molar-refractivity contribution in [1.82, 2.24) is 0 Å². The fourth-order valence-electron chi connectivity index (χ4n) is 4.60.